The van der Waals surface area contributed by atoms with Crippen molar-refractivity contribution < 1.29 is 0 Å². The standard InChI is InChI=1S/C11H9N5/c1-13-11-3-2-10(15-16-11)9-4-8(5-12)6-14-7-9/h2-4,6-7H,1H3,(H,13,16). The lowest BCUT2D eigenvalue weighted by molar-refractivity contribution is 1.03. The minimum Gasteiger partial charge on any atom is -0.372 e. The molecule has 2 rings (SSSR count). The van der Waals surface area contributed by atoms with Crippen LogP contribution in [-0.4, -0.2) is 22.2 Å². The molecule has 78 valence electrons. The average molecular weight is 211 g/mol. The molecule has 2 aromatic rings. The van der Waals surface area contributed by atoms with Crippen LogP contribution in [0.5, 0.6) is 0 Å². The van der Waals surface area contributed by atoms with E-state index in [1.54, 1.807) is 19.3 Å². The minimum atomic E-state index is 0.511. The highest BCUT2D eigenvalue weighted by molar-refractivity contribution is 5.60. The highest BCUT2D eigenvalue weighted by Crippen LogP contribution is 2.16. The first-order chi connectivity index (χ1) is 7.83. The van der Waals surface area contributed by atoms with Gasteiger partial charge in [0.25, 0.3) is 0 Å². The second-order valence-corrected chi connectivity index (χ2v) is 3.13. The Morgan fingerprint density at radius 1 is 1.25 bits per heavy atom. The number of nitriles is 1. The average Bonchev–Trinajstić information content (AvgIpc) is 2.39. The van der Waals surface area contributed by atoms with E-state index >= 15 is 0 Å². The third-order valence-corrected chi connectivity index (χ3v) is 2.08. The fourth-order valence-electron chi connectivity index (χ4n) is 1.26. The Morgan fingerprint density at radius 3 is 2.75 bits per heavy atom. The van der Waals surface area contributed by atoms with E-state index in [4.69, 9.17) is 5.26 Å². The molecule has 2 heterocycles. The fourth-order valence-corrected chi connectivity index (χ4v) is 1.26. The van der Waals surface area contributed by atoms with Crippen LogP contribution in [0.2, 0.25) is 0 Å². The summed E-state index contributed by atoms with van der Waals surface area (Å²) in [5.41, 5.74) is 2.00. The van der Waals surface area contributed by atoms with Crippen molar-refractivity contribution in [1.29, 1.82) is 5.26 Å². The van der Waals surface area contributed by atoms with Gasteiger partial charge >= 0.3 is 0 Å². The summed E-state index contributed by atoms with van der Waals surface area (Å²) in [6.45, 7) is 0. The molecule has 0 aliphatic carbocycles. The summed E-state index contributed by atoms with van der Waals surface area (Å²) in [4.78, 5) is 3.97. The van der Waals surface area contributed by atoms with Gasteiger partial charge < -0.3 is 5.32 Å². The van der Waals surface area contributed by atoms with Gasteiger partial charge in [0, 0.05) is 25.0 Å². The van der Waals surface area contributed by atoms with E-state index in [1.165, 1.54) is 6.20 Å². The van der Waals surface area contributed by atoms with Gasteiger partial charge in [-0.25, -0.2) is 0 Å². The van der Waals surface area contributed by atoms with Crippen molar-refractivity contribution in [1.82, 2.24) is 15.2 Å². The number of rotatable bonds is 2. The third-order valence-electron chi connectivity index (χ3n) is 2.08. The van der Waals surface area contributed by atoms with Crippen LogP contribution in [0.15, 0.2) is 30.6 Å². The molecule has 0 saturated carbocycles. The van der Waals surface area contributed by atoms with E-state index in [0.29, 0.717) is 17.1 Å². The predicted octanol–water partition coefficient (Wildman–Crippen LogP) is 1.45. The Labute approximate surface area is 92.8 Å². The van der Waals surface area contributed by atoms with Crippen LogP contribution in [0.3, 0.4) is 0 Å². The summed E-state index contributed by atoms with van der Waals surface area (Å²) < 4.78 is 0. The molecular weight excluding hydrogens is 202 g/mol. The maximum absolute atomic E-state index is 8.76. The molecule has 5 nitrogen and oxygen atoms in total. The highest BCUT2D eigenvalue weighted by atomic mass is 15.2. The van der Waals surface area contributed by atoms with Crippen LogP contribution >= 0.6 is 0 Å². The van der Waals surface area contributed by atoms with Crippen molar-refractivity contribution in [2.24, 2.45) is 0 Å². The summed E-state index contributed by atoms with van der Waals surface area (Å²) >= 11 is 0. The van der Waals surface area contributed by atoms with Crippen molar-refractivity contribution in [2.45, 2.75) is 0 Å². The zero-order chi connectivity index (χ0) is 11.4. The monoisotopic (exact) mass is 211 g/mol. The maximum atomic E-state index is 8.76. The van der Waals surface area contributed by atoms with Crippen molar-refractivity contribution in [2.75, 3.05) is 12.4 Å². The lowest BCUT2D eigenvalue weighted by atomic mass is 10.1. The van der Waals surface area contributed by atoms with Gasteiger partial charge in [-0.3, -0.25) is 4.98 Å². The molecule has 0 atom stereocenters. The quantitative estimate of drug-likeness (QED) is 0.813. The normalized spacial score (nSPS) is 9.50. The van der Waals surface area contributed by atoms with Gasteiger partial charge in [-0.1, -0.05) is 0 Å². The second kappa shape index (κ2) is 4.36. The number of anilines is 1. The van der Waals surface area contributed by atoms with Crippen LogP contribution < -0.4 is 5.32 Å². The number of nitrogens with one attached hydrogen (secondary N) is 1. The van der Waals surface area contributed by atoms with E-state index in [1.807, 2.05) is 18.2 Å². The van der Waals surface area contributed by atoms with Gasteiger partial charge in [0.15, 0.2) is 0 Å². The zero-order valence-corrected chi connectivity index (χ0v) is 8.68. The molecule has 1 N–H and O–H groups in total. The van der Waals surface area contributed by atoms with E-state index in [2.05, 4.69) is 20.5 Å². The molecular formula is C11H9N5. The van der Waals surface area contributed by atoms with Crippen molar-refractivity contribution in [3.05, 3.63) is 36.2 Å². The van der Waals surface area contributed by atoms with E-state index < -0.39 is 0 Å². The number of aromatic nitrogens is 3. The molecule has 0 bridgehead atoms. The van der Waals surface area contributed by atoms with E-state index in [9.17, 15) is 0 Å². The van der Waals surface area contributed by atoms with Crippen molar-refractivity contribution in [3.8, 4) is 17.3 Å². The Kier molecular flexibility index (Phi) is 2.74. The first-order valence-electron chi connectivity index (χ1n) is 4.70. The molecule has 2 aromatic heterocycles. The van der Waals surface area contributed by atoms with Crippen LogP contribution in [0.25, 0.3) is 11.3 Å². The predicted molar refractivity (Wildman–Crippen MR) is 59.5 cm³/mol. The zero-order valence-electron chi connectivity index (χ0n) is 8.68. The Hall–Kier alpha value is -2.48. The highest BCUT2D eigenvalue weighted by Gasteiger charge is 2.02. The SMILES string of the molecule is CNc1ccc(-c2cncc(C#N)c2)nn1. The lowest BCUT2D eigenvalue weighted by Gasteiger charge is -2.01. The van der Waals surface area contributed by atoms with Crippen LogP contribution in [0.4, 0.5) is 5.82 Å². The summed E-state index contributed by atoms with van der Waals surface area (Å²) in [6.07, 6.45) is 3.17. The molecule has 0 amide bonds. The van der Waals surface area contributed by atoms with Crippen LogP contribution in [-0.2, 0) is 0 Å². The molecule has 0 spiro atoms. The molecule has 0 aliphatic rings. The summed E-state index contributed by atoms with van der Waals surface area (Å²) in [5, 5.41) is 19.6. The molecule has 0 fully saturated rings. The van der Waals surface area contributed by atoms with Gasteiger partial charge in [-0.2, -0.15) is 5.26 Å². The third kappa shape index (κ3) is 1.96. The molecule has 5 heteroatoms. The Bertz CT molecular complexity index is 527. The molecule has 16 heavy (non-hydrogen) atoms. The first kappa shape index (κ1) is 10.1. The molecule has 0 radical (unpaired) electrons. The van der Waals surface area contributed by atoms with Gasteiger partial charge in [-0.15, -0.1) is 10.2 Å². The number of hydrogen-bond acceptors (Lipinski definition) is 5. The van der Waals surface area contributed by atoms with Crippen LogP contribution in [0, 0.1) is 11.3 Å². The largest absolute Gasteiger partial charge is 0.372 e. The van der Waals surface area contributed by atoms with Crippen molar-refractivity contribution >= 4 is 5.82 Å². The van der Waals surface area contributed by atoms with Gasteiger partial charge in [0.2, 0.25) is 0 Å². The number of nitrogens with zero attached hydrogens (tertiary/aromatic N) is 4. The molecule has 0 aromatic carbocycles. The summed E-state index contributed by atoms with van der Waals surface area (Å²) in [6, 6.07) is 7.42. The Morgan fingerprint density at radius 2 is 2.12 bits per heavy atom. The summed E-state index contributed by atoms with van der Waals surface area (Å²) in [7, 11) is 1.78. The van der Waals surface area contributed by atoms with Gasteiger partial charge in [0.05, 0.1) is 11.3 Å². The molecule has 0 unspecified atom stereocenters. The molecule has 0 aliphatic heterocycles. The Balaban J connectivity index is 2.39. The maximum Gasteiger partial charge on any atom is 0.148 e. The lowest BCUT2D eigenvalue weighted by Crippen LogP contribution is -1.95. The topological polar surface area (TPSA) is 74.5 Å². The minimum absolute atomic E-state index is 0.511. The van der Waals surface area contributed by atoms with Gasteiger partial charge in [0.1, 0.15) is 11.9 Å². The number of pyridine rings is 1. The molecule has 0 saturated heterocycles. The fraction of sp³-hybridized carbons (Fsp3) is 0.0909. The number of hydrogen-bond donors (Lipinski definition) is 1. The van der Waals surface area contributed by atoms with Crippen molar-refractivity contribution in [3.63, 3.8) is 0 Å². The van der Waals surface area contributed by atoms with Crippen LogP contribution in [0.1, 0.15) is 5.56 Å². The smallest absolute Gasteiger partial charge is 0.148 e. The van der Waals surface area contributed by atoms with Gasteiger partial charge in [-0.05, 0) is 18.2 Å². The summed E-state index contributed by atoms with van der Waals surface area (Å²) in [5.74, 6) is 0.702. The first-order valence-corrected chi connectivity index (χ1v) is 4.70. The second-order valence-electron chi connectivity index (χ2n) is 3.13. The van der Waals surface area contributed by atoms with E-state index in [0.717, 1.165) is 5.56 Å². The van der Waals surface area contributed by atoms with E-state index in [-0.39, 0.29) is 0 Å².